The van der Waals surface area contributed by atoms with E-state index in [0.29, 0.717) is 6.42 Å². The first kappa shape index (κ1) is 9.90. The highest BCUT2D eigenvalue weighted by Gasteiger charge is 2.13. The summed E-state index contributed by atoms with van der Waals surface area (Å²) in [6.45, 7) is 0. The first-order valence-corrected chi connectivity index (χ1v) is 3.13. The Hall–Kier alpha value is -1.10. The summed E-state index contributed by atoms with van der Waals surface area (Å²) in [6.07, 6.45) is -0.167. The van der Waals surface area contributed by atoms with E-state index in [1.54, 1.807) is 0 Å². The number of nitrogens with zero attached hydrogens (tertiary/aromatic N) is 2. The maximum Gasteiger partial charge on any atom is 0.159 e. The summed E-state index contributed by atoms with van der Waals surface area (Å²) in [6, 6.07) is 3.66. The van der Waals surface area contributed by atoms with E-state index in [1.807, 2.05) is 12.1 Å². The molecule has 0 aliphatic heterocycles. The highest BCUT2D eigenvalue weighted by Crippen LogP contribution is 2.07. The highest BCUT2D eigenvalue weighted by molar-refractivity contribution is 4.98. The van der Waals surface area contributed by atoms with Gasteiger partial charge in [-0.25, -0.2) is 0 Å². The van der Waals surface area contributed by atoms with Crippen molar-refractivity contribution in [1.82, 2.24) is 0 Å². The van der Waals surface area contributed by atoms with E-state index in [1.165, 1.54) is 14.2 Å². The molecule has 4 nitrogen and oxygen atoms in total. The van der Waals surface area contributed by atoms with Gasteiger partial charge in [-0.3, -0.25) is 0 Å². The second-order valence-electron chi connectivity index (χ2n) is 1.95. The average Bonchev–Trinajstić information content (AvgIpc) is 2.07. The van der Waals surface area contributed by atoms with Crippen molar-refractivity contribution < 1.29 is 9.47 Å². The predicted molar refractivity (Wildman–Crippen MR) is 37.1 cm³/mol. The van der Waals surface area contributed by atoms with E-state index in [9.17, 15) is 0 Å². The Balaban J connectivity index is 3.82. The van der Waals surface area contributed by atoms with Gasteiger partial charge in [-0.1, -0.05) is 0 Å². The summed E-state index contributed by atoms with van der Waals surface area (Å²) in [5.41, 5.74) is 0. The zero-order valence-electron chi connectivity index (χ0n) is 6.57. The minimum absolute atomic E-state index is 0.292. The molecule has 0 atom stereocenters. The van der Waals surface area contributed by atoms with Gasteiger partial charge in [0.15, 0.2) is 6.29 Å². The second kappa shape index (κ2) is 5.67. The number of methoxy groups -OCH3 is 2. The zero-order valence-corrected chi connectivity index (χ0v) is 6.57. The van der Waals surface area contributed by atoms with Crippen molar-refractivity contribution in [2.75, 3.05) is 14.2 Å². The Bertz CT molecular complexity index is 162. The smallest absolute Gasteiger partial charge is 0.159 e. The molecule has 11 heavy (non-hydrogen) atoms. The van der Waals surface area contributed by atoms with E-state index < -0.39 is 12.2 Å². The normalized spacial score (nSPS) is 9.64. The average molecular weight is 154 g/mol. The molecular weight excluding hydrogens is 144 g/mol. The minimum atomic E-state index is -0.653. The van der Waals surface area contributed by atoms with Crippen LogP contribution in [0.5, 0.6) is 0 Å². The Labute approximate surface area is 65.9 Å². The molecule has 0 N–H and O–H groups in total. The lowest BCUT2D eigenvalue weighted by molar-refractivity contribution is -0.108. The number of hydrogen-bond acceptors (Lipinski definition) is 4. The van der Waals surface area contributed by atoms with Gasteiger partial charge in [-0.15, -0.1) is 0 Å². The van der Waals surface area contributed by atoms with Crippen LogP contribution in [0.1, 0.15) is 6.42 Å². The van der Waals surface area contributed by atoms with Crippen molar-refractivity contribution in [3.8, 4) is 12.1 Å². The Morgan fingerprint density at radius 3 is 1.91 bits per heavy atom. The summed E-state index contributed by atoms with van der Waals surface area (Å²) in [7, 11) is 2.94. The van der Waals surface area contributed by atoms with Crippen molar-refractivity contribution in [2.24, 2.45) is 5.92 Å². The lowest BCUT2D eigenvalue weighted by atomic mass is 10.1. The summed E-state index contributed by atoms with van der Waals surface area (Å²) in [5, 5.41) is 16.8. The standard InChI is InChI=1S/C7H10N2O2/c1-10-7(11-2)3-6(4-8)5-9/h6-7H,3H2,1-2H3. The van der Waals surface area contributed by atoms with Gasteiger partial charge in [0.05, 0.1) is 12.1 Å². The molecule has 0 aromatic carbocycles. The Morgan fingerprint density at radius 1 is 1.18 bits per heavy atom. The fraction of sp³-hybridized carbons (Fsp3) is 0.714. The third-order valence-corrected chi connectivity index (χ3v) is 1.27. The van der Waals surface area contributed by atoms with Crippen molar-refractivity contribution in [1.29, 1.82) is 10.5 Å². The Kier molecular flexibility index (Phi) is 5.10. The molecule has 0 spiro atoms. The zero-order chi connectivity index (χ0) is 8.69. The molecule has 0 rings (SSSR count). The van der Waals surface area contributed by atoms with Crippen molar-refractivity contribution >= 4 is 0 Å². The van der Waals surface area contributed by atoms with Crippen LogP contribution in [-0.4, -0.2) is 20.5 Å². The molecule has 0 radical (unpaired) electrons. The van der Waals surface area contributed by atoms with E-state index in [2.05, 4.69) is 0 Å². The van der Waals surface area contributed by atoms with Gasteiger partial charge in [-0.05, 0) is 0 Å². The van der Waals surface area contributed by atoms with Crippen LogP contribution in [-0.2, 0) is 9.47 Å². The Morgan fingerprint density at radius 2 is 1.64 bits per heavy atom. The fourth-order valence-corrected chi connectivity index (χ4v) is 0.615. The van der Waals surface area contributed by atoms with Gasteiger partial charge >= 0.3 is 0 Å². The summed E-state index contributed by atoms with van der Waals surface area (Å²) < 4.78 is 9.62. The third-order valence-electron chi connectivity index (χ3n) is 1.27. The first-order valence-electron chi connectivity index (χ1n) is 3.13. The van der Waals surface area contributed by atoms with Gasteiger partial charge < -0.3 is 9.47 Å². The van der Waals surface area contributed by atoms with E-state index in [4.69, 9.17) is 20.0 Å². The molecular formula is C7H10N2O2. The highest BCUT2D eigenvalue weighted by atomic mass is 16.7. The van der Waals surface area contributed by atoms with Crippen LogP contribution in [0.4, 0.5) is 0 Å². The number of rotatable bonds is 4. The van der Waals surface area contributed by atoms with Gasteiger partial charge in [-0.2, -0.15) is 10.5 Å². The van der Waals surface area contributed by atoms with Crippen LogP contribution in [0.2, 0.25) is 0 Å². The molecule has 0 unspecified atom stereocenters. The van der Waals surface area contributed by atoms with Crippen LogP contribution >= 0.6 is 0 Å². The summed E-state index contributed by atoms with van der Waals surface area (Å²) in [4.78, 5) is 0. The molecule has 0 fully saturated rings. The van der Waals surface area contributed by atoms with Gasteiger partial charge in [0.2, 0.25) is 0 Å². The van der Waals surface area contributed by atoms with E-state index >= 15 is 0 Å². The topological polar surface area (TPSA) is 66.0 Å². The first-order chi connectivity index (χ1) is 5.28. The maximum atomic E-state index is 8.38. The molecule has 60 valence electrons. The lowest BCUT2D eigenvalue weighted by Crippen LogP contribution is -2.16. The predicted octanol–water partition coefficient (Wildman–Crippen LogP) is 0.659. The van der Waals surface area contributed by atoms with Crippen LogP contribution < -0.4 is 0 Å². The van der Waals surface area contributed by atoms with Crippen LogP contribution in [0.3, 0.4) is 0 Å². The molecule has 0 bridgehead atoms. The quantitative estimate of drug-likeness (QED) is 0.558. The lowest BCUT2D eigenvalue weighted by Gasteiger charge is -2.12. The number of nitriles is 2. The maximum absolute atomic E-state index is 8.38. The SMILES string of the molecule is COC(CC(C#N)C#N)OC. The van der Waals surface area contributed by atoms with Crippen molar-refractivity contribution in [3.05, 3.63) is 0 Å². The molecule has 0 aromatic rings. The minimum Gasteiger partial charge on any atom is -0.356 e. The number of hydrogen-bond donors (Lipinski definition) is 0. The third kappa shape index (κ3) is 3.57. The molecule has 0 amide bonds. The van der Waals surface area contributed by atoms with Crippen molar-refractivity contribution in [3.63, 3.8) is 0 Å². The largest absolute Gasteiger partial charge is 0.356 e. The summed E-state index contributed by atoms with van der Waals surface area (Å²) in [5.74, 6) is -0.653. The fourth-order valence-electron chi connectivity index (χ4n) is 0.615. The molecule has 0 saturated carbocycles. The van der Waals surface area contributed by atoms with E-state index in [0.717, 1.165) is 0 Å². The van der Waals surface area contributed by atoms with Crippen molar-refractivity contribution in [2.45, 2.75) is 12.7 Å². The molecule has 4 heteroatoms. The number of ether oxygens (including phenoxy) is 2. The summed E-state index contributed by atoms with van der Waals surface area (Å²) >= 11 is 0. The monoisotopic (exact) mass is 154 g/mol. The van der Waals surface area contributed by atoms with Crippen LogP contribution in [0.15, 0.2) is 0 Å². The molecule has 0 aliphatic carbocycles. The molecule has 0 heterocycles. The van der Waals surface area contributed by atoms with Crippen LogP contribution in [0, 0.1) is 28.6 Å². The molecule has 0 aromatic heterocycles. The van der Waals surface area contributed by atoms with Gasteiger partial charge in [0.1, 0.15) is 5.92 Å². The van der Waals surface area contributed by atoms with Crippen LogP contribution in [0.25, 0.3) is 0 Å². The molecule has 0 saturated heterocycles. The van der Waals surface area contributed by atoms with Gasteiger partial charge in [0.25, 0.3) is 0 Å². The molecule has 0 aliphatic rings. The second-order valence-corrected chi connectivity index (χ2v) is 1.95. The van der Waals surface area contributed by atoms with Gasteiger partial charge in [0, 0.05) is 20.6 Å². The van der Waals surface area contributed by atoms with E-state index in [-0.39, 0.29) is 0 Å².